The number of carbonyl (C=O) groups excluding carboxylic acids is 1. The lowest BCUT2D eigenvalue weighted by atomic mass is 9.85. The average Bonchev–Trinajstić information content (AvgIpc) is 3.55. The number of fused-ring (bicyclic) bond motifs is 2. The van der Waals surface area contributed by atoms with E-state index in [1.54, 1.807) is 0 Å². The number of para-hydroxylation sites is 1. The Morgan fingerprint density at radius 2 is 1.73 bits per heavy atom. The maximum atomic E-state index is 13.7. The Morgan fingerprint density at radius 1 is 0.919 bits per heavy atom. The first-order valence-electron chi connectivity index (χ1n) is 13.1. The molecule has 1 saturated heterocycles. The molecule has 1 amide bonds. The molecule has 0 radical (unpaired) electrons. The number of hydrogen-bond donors (Lipinski definition) is 1. The number of carbonyl (C=O) groups is 1. The van der Waals surface area contributed by atoms with Crippen LogP contribution in [0.3, 0.4) is 0 Å². The van der Waals surface area contributed by atoms with Gasteiger partial charge in [0, 0.05) is 62.2 Å². The summed E-state index contributed by atoms with van der Waals surface area (Å²) in [5, 5.41) is 1.19. The van der Waals surface area contributed by atoms with Crippen molar-refractivity contribution in [1.29, 1.82) is 0 Å². The zero-order valence-corrected chi connectivity index (χ0v) is 21.5. The van der Waals surface area contributed by atoms with Crippen LogP contribution in [0.4, 0.5) is 0 Å². The molecule has 0 aliphatic carbocycles. The third kappa shape index (κ3) is 4.81. The summed E-state index contributed by atoms with van der Waals surface area (Å²) < 4.78 is 11.0. The second-order valence-corrected chi connectivity index (χ2v) is 10.3. The van der Waals surface area contributed by atoms with E-state index in [2.05, 4.69) is 78.5 Å². The SMILES string of the molecule is Cc1ccc(C(CC(=O)N2CCN(Cc3ccc4c(c3)OCO4)CC2)c2c[nH]c3ccccc23)c(C)c1. The number of ether oxygens (including phenoxy) is 2. The number of nitrogens with zero attached hydrogens (tertiary/aromatic N) is 2. The van der Waals surface area contributed by atoms with Crippen molar-refractivity contribution in [3.63, 3.8) is 0 Å². The highest BCUT2D eigenvalue weighted by atomic mass is 16.7. The first kappa shape index (κ1) is 23.6. The Bertz CT molecular complexity index is 1430. The fraction of sp³-hybridized carbons (Fsp3) is 0.323. The lowest BCUT2D eigenvalue weighted by Crippen LogP contribution is -2.48. The van der Waals surface area contributed by atoms with Crippen LogP contribution in [0.5, 0.6) is 11.5 Å². The number of aromatic nitrogens is 1. The summed E-state index contributed by atoms with van der Waals surface area (Å²) in [7, 11) is 0. The van der Waals surface area contributed by atoms with Crippen LogP contribution in [-0.2, 0) is 11.3 Å². The number of hydrogen-bond acceptors (Lipinski definition) is 4. The molecule has 2 aliphatic rings. The largest absolute Gasteiger partial charge is 0.454 e. The topological polar surface area (TPSA) is 57.8 Å². The Labute approximate surface area is 217 Å². The average molecular weight is 496 g/mol. The van der Waals surface area contributed by atoms with Crippen molar-refractivity contribution >= 4 is 16.8 Å². The van der Waals surface area contributed by atoms with E-state index >= 15 is 0 Å². The summed E-state index contributed by atoms with van der Waals surface area (Å²) in [5.74, 6) is 1.86. The molecule has 4 aromatic rings. The molecule has 190 valence electrons. The van der Waals surface area contributed by atoms with Gasteiger partial charge in [0.25, 0.3) is 0 Å². The van der Waals surface area contributed by atoms with Crippen LogP contribution < -0.4 is 9.47 Å². The second kappa shape index (κ2) is 9.94. The van der Waals surface area contributed by atoms with E-state index in [4.69, 9.17) is 9.47 Å². The first-order valence-corrected chi connectivity index (χ1v) is 13.1. The molecule has 6 rings (SSSR count). The van der Waals surface area contributed by atoms with Crippen molar-refractivity contribution in [2.24, 2.45) is 0 Å². The van der Waals surface area contributed by atoms with E-state index in [1.807, 2.05) is 17.0 Å². The van der Waals surface area contributed by atoms with Gasteiger partial charge in [-0.25, -0.2) is 0 Å². The lowest BCUT2D eigenvalue weighted by Gasteiger charge is -2.35. The summed E-state index contributed by atoms with van der Waals surface area (Å²) in [5.41, 5.74) is 7.21. The van der Waals surface area contributed by atoms with Gasteiger partial charge in [-0.2, -0.15) is 0 Å². The fourth-order valence-electron chi connectivity index (χ4n) is 5.74. The van der Waals surface area contributed by atoms with Gasteiger partial charge in [-0.1, -0.05) is 48.0 Å². The predicted octanol–water partition coefficient (Wildman–Crippen LogP) is 5.38. The fourth-order valence-corrected chi connectivity index (χ4v) is 5.74. The number of benzene rings is 3. The summed E-state index contributed by atoms with van der Waals surface area (Å²) in [6, 6.07) is 21.1. The van der Waals surface area contributed by atoms with Crippen LogP contribution >= 0.6 is 0 Å². The minimum absolute atomic E-state index is 0.0101. The molecule has 1 aromatic heterocycles. The summed E-state index contributed by atoms with van der Waals surface area (Å²) in [4.78, 5) is 21.5. The Balaban J connectivity index is 1.16. The van der Waals surface area contributed by atoms with Crippen LogP contribution in [0.1, 0.15) is 40.2 Å². The third-order valence-electron chi connectivity index (χ3n) is 7.74. The highest BCUT2D eigenvalue weighted by molar-refractivity contribution is 5.86. The van der Waals surface area contributed by atoms with E-state index in [-0.39, 0.29) is 11.8 Å². The normalized spacial score (nSPS) is 16.3. The quantitative estimate of drug-likeness (QED) is 0.390. The Hall–Kier alpha value is -3.77. The van der Waals surface area contributed by atoms with E-state index in [1.165, 1.54) is 33.2 Å². The zero-order chi connectivity index (χ0) is 25.4. The lowest BCUT2D eigenvalue weighted by molar-refractivity contribution is -0.133. The predicted molar refractivity (Wildman–Crippen MR) is 145 cm³/mol. The Kier molecular flexibility index (Phi) is 6.35. The molecule has 1 atom stereocenters. The number of aromatic amines is 1. The van der Waals surface area contributed by atoms with Gasteiger partial charge in [-0.15, -0.1) is 0 Å². The first-order chi connectivity index (χ1) is 18.0. The molecular weight excluding hydrogens is 462 g/mol. The number of H-pyrrole nitrogens is 1. The molecule has 0 bridgehead atoms. The number of aryl methyl sites for hydroxylation is 2. The minimum Gasteiger partial charge on any atom is -0.454 e. The van der Waals surface area contributed by atoms with Crippen LogP contribution in [0, 0.1) is 13.8 Å². The van der Waals surface area contributed by atoms with Crippen LogP contribution in [0.2, 0.25) is 0 Å². The summed E-state index contributed by atoms with van der Waals surface area (Å²) >= 11 is 0. The molecule has 3 heterocycles. The van der Waals surface area contributed by atoms with Crippen molar-refractivity contribution in [3.05, 3.63) is 94.7 Å². The van der Waals surface area contributed by atoms with Crippen molar-refractivity contribution in [1.82, 2.24) is 14.8 Å². The zero-order valence-electron chi connectivity index (χ0n) is 21.5. The van der Waals surface area contributed by atoms with Crippen LogP contribution in [-0.4, -0.2) is 53.7 Å². The highest BCUT2D eigenvalue weighted by Crippen LogP contribution is 2.36. The van der Waals surface area contributed by atoms with Crippen molar-refractivity contribution in [3.8, 4) is 11.5 Å². The smallest absolute Gasteiger partial charge is 0.231 e. The number of rotatable bonds is 6. The highest BCUT2D eigenvalue weighted by Gasteiger charge is 2.28. The molecule has 1 unspecified atom stereocenters. The molecule has 6 heteroatoms. The summed E-state index contributed by atoms with van der Waals surface area (Å²) in [6.45, 7) is 8.63. The van der Waals surface area contributed by atoms with Crippen molar-refractivity contribution in [2.45, 2.75) is 32.7 Å². The molecule has 6 nitrogen and oxygen atoms in total. The van der Waals surface area contributed by atoms with Crippen LogP contribution in [0.15, 0.2) is 66.9 Å². The molecule has 0 saturated carbocycles. The molecule has 1 fully saturated rings. The second-order valence-electron chi connectivity index (χ2n) is 10.3. The molecule has 2 aliphatic heterocycles. The van der Waals surface area contributed by atoms with Gasteiger partial charge in [-0.3, -0.25) is 9.69 Å². The van der Waals surface area contributed by atoms with Gasteiger partial charge >= 0.3 is 0 Å². The third-order valence-corrected chi connectivity index (χ3v) is 7.74. The van der Waals surface area contributed by atoms with Gasteiger partial charge in [-0.05, 0) is 54.3 Å². The minimum atomic E-state index is 0.0101. The molecule has 37 heavy (non-hydrogen) atoms. The maximum absolute atomic E-state index is 13.7. The van der Waals surface area contributed by atoms with E-state index in [0.717, 1.165) is 49.7 Å². The van der Waals surface area contributed by atoms with Gasteiger partial charge in [0.1, 0.15) is 0 Å². The van der Waals surface area contributed by atoms with Gasteiger partial charge in [0.2, 0.25) is 12.7 Å². The summed E-state index contributed by atoms with van der Waals surface area (Å²) in [6.07, 6.45) is 2.55. The molecule has 0 spiro atoms. The molecular formula is C31H33N3O3. The monoisotopic (exact) mass is 495 g/mol. The van der Waals surface area contributed by atoms with Crippen molar-refractivity contribution in [2.75, 3.05) is 33.0 Å². The Morgan fingerprint density at radius 3 is 2.57 bits per heavy atom. The standard InChI is InChI=1S/C31H33N3O3/c1-21-7-9-24(22(2)15-21)26(27-18-32-28-6-4-3-5-25(27)28)17-31(35)34-13-11-33(12-14-34)19-23-8-10-29-30(16-23)37-20-36-29/h3-10,15-16,18,26,32H,11-14,17,19-20H2,1-2H3. The van der Waals surface area contributed by atoms with Crippen molar-refractivity contribution < 1.29 is 14.3 Å². The molecule has 3 aromatic carbocycles. The number of nitrogens with one attached hydrogen (secondary N) is 1. The van der Waals surface area contributed by atoms with Gasteiger partial charge in [0.05, 0.1) is 0 Å². The van der Waals surface area contributed by atoms with E-state index < -0.39 is 0 Å². The van der Waals surface area contributed by atoms with Gasteiger partial charge in [0.15, 0.2) is 11.5 Å². The number of amides is 1. The molecule has 1 N–H and O–H groups in total. The number of piperazine rings is 1. The van der Waals surface area contributed by atoms with Gasteiger partial charge < -0.3 is 19.4 Å². The van der Waals surface area contributed by atoms with E-state index in [0.29, 0.717) is 13.2 Å². The maximum Gasteiger partial charge on any atom is 0.231 e. The van der Waals surface area contributed by atoms with Crippen LogP contribution in [0.25, 0.3) is 10.9 Å². The van der Waals surface area contributed by atoms with E-state index in [9.17, 15) is 4.79 Å².